The van der Waals surface area contributed by atoms with Gasteiger partial charge in [-0.2, -0.15) is 0 Å². The molecule has 1 saturated heterocycles. The second kappa shape index (κ2) is 5.85. The maximum absolute atomic E-state index is 13.9. The zero-order valence-electron chi connectivity index (χ0n) is 11.2. The molecule has 5 heteroatoms. The smallest absolute Gasteiger partial charge is 0.144 e. The molecule has 1 aromatic rings. The molecule has 0 spiro atoms. The van der Waals surface area contributed by atoms with E-state index >= 15 is 0 Å². The molecular formula is C14H18BrF2NO. The van der Waals surface area contributed by atoms with Crippen molar-refractivity contribution in [2.75, 3.05) is 20.2 Å². The summed E-state index contributed by atoms with van der Waals surface area (Å²) in [6.45, 7) is 3.84. The molecule has 1 aliphatic heterocycles. The first-order valence-corrected chi connectivity index (χ1v) is 7.14. The van der Waals surface area contributed by atoms with Crippen molar-refractivity contribution in [1.29, 1.82) is 0 Å². The van der Waals surface area contributed by atoms with Gasteiger partial charge < -0.3 is 4.74 Å². The van der Waals surface area contributed by atoms with E-state index in [9.17, 15) is 8.78 Å². The summed E-state index contributed by atoms with van der Waals surface area (Å²) in [6.07, 6.45) is 1.95. The molecule has 0 aliphatic carbocycles. The quantitative estimate of drug-likeness (QED) is 0.781. The number of ether oxygens (including phenoxy) is 1. The fourth-order valence-electron chi connectivity index (χ4n) is 2.55. The van der Waals surface area contributed by atoms with Crippen molar-refractivity contribution in [3.63, 3.8) is 0 Å². The van der Waals surface area contributed by atoms with E-state index in [0.29, 0.717) is 11.0 Å². The van der Waals surface area contributed by atoms with Gasteiger partial charge in [0, 0.05) is 25.8 Å². The summed E-state index contributed by atoms with van der Waals surface area (Å²) in [6, 6.07) is 2.69. The van der Waals surface area contributed by atoms with Gasteiger partial charge in [-0.1, -0.05) is 0 Å². The van der Waals surface area contributed by atoms with E-state index in [2.05, 4.69) is 15.9 Å². The lowest BCUT2D eigenvalue weighted by Crippen LogP contribution is -2.47. The van der Waals surface area contributed by atoms with Crippen molar-refractivity contribution in [1.82, 2.24) is 4.90 Å². The molecule has 1 atom stereocenters. The van der Waals surface area contributed by atoms with Gasteiger partial charge in [-0.3, -0.25) is 4.90 Å². The number of benzene rings is 1. The number of hydrogen-bond acceptors (Lipinski definition) is 2. The molecule has 1 heterocycles. The van der Waals surface area contributed by atoms with Crippen LogP contribution in [-0.2, 0) is 11.3 Å². The van der Waals surface area contributed by atoms with Gasteiger partial charge in [-0.05, 0) is 54.4 Å². The molecule has 0 radical (unpaired) electrons. The largest absolute Gasteiger partial charge is 0.377 e. The monoisotopic (exact) mass is 333 g/mol. The summed E-state index contributed by atoms with van der Waals surface area (Å²) in [4.78, 5) is 2.04. The van der Waals surface area contributed by atoms with E-state index in [1.54, 1.807) is 7.11 Å². The van der Waals surface area contributed by atoms with Crippen LogP contribution in [0.2, 0.25) is 0 Å². The van der Waals surface area contributed by atoms with Crippen molar-refractivity contribution in [2.24, 2.45) is 0 Å². The lowest BCUT2D eigenvalue weighted by atomic mass is 9.94. The zero-order valence-corrected chi connectivity index (χ0v) is 12.8. The first-order valence-electron chi connectivity index (χ1n) is 6.35. The number of halogens is 3. The Labute approximate surface area is 120 Å². The van der Waals surface area contributed by atoms with Gasteiger partial charge in [0.1, 0.15) is 11.6 Å². The maximum atomic E-state index is 13.9. The van der Waals surface area contributed by atoms with Crippen molar-refractivity contribution in [2.45, 2.75) is 31.9 Å². The van der Waals surface area contributed by atoms with Crippen molar-refractivity contribution >= 4 is 15.9 Å². The Morgan fingerprint density at radius 2 is 2.16 bits per heavy atom. The predicted molar refractivity (Wildman–Crippen MR) is 74.0 cm³/mol. The Hall–Kier alpha value is -0.520. The lowest BCUT2D eigenvalue weighted by Gasteiger charge is -2.39. The number of hydrogen-bond donors (Lipinski definition) is 0. The molecule has 19 heavy (non-hydrogen) atoms. The van der Waals surface area contributed by atoms with Crippen LogP contribution in [0.15, 0.2) is 16.6 Å². The third-order valence-electron chi connectivity index (χ3n) is 3.75. The van der Waals surface area contributed by atoms with Gasteiger partial charge in [0.25, 0.3) is 0 Å². The van der Waals surface area contributed by atoms with Crippen molar-refractivity contribution in [3.8, 4) is 0 Å². The van der Waals surface area contributed by atoms with Crippen LogP contribution in [0.25, 0.3) is 0 Å². The van der Waals surface area contributed by atoms with Gasteiger partial charge in [-0.25, -0.2) is 8.78 Å². The SMILES string of the molecule is COC1(C)CCCN(Cc2c(F)ccc(Br)c2F)C1. The number of piperidine rings is 1. The van der Waals surface area contributed by atoms with Crippen LogP contribution in [0.5, 0.6) is 0 Å². The lowest BCUT2D eigenvalue weighted by molar-refractivity contribution is -0.0531. The van der Waals surface area contributed by atoms with Gasteiger partial charge >= 0.3 is 0 Å². The average molecular weight is 334 g/mol. The summed E-state index contributed by atoms with van der Waals surface area (Å²) >= 11 is 3.10. The van der Waals surface area contributed by atoms with Crippen molar-refractivity contribution in [3.05, 3.63) is 33.8 Å². The summed E-state index contributed by atoms with van der Waals surface area (Å²) in [5.74, 6) is -1.00. The Bertz CT molecular complexity index is 469. The number of methoxy groups -OCH3 is 1. The van der Waals surface area contributed by atoms with E-state index in [0.717, 1.165) is 19.4 Å². The first kappa shape index (κ1) is 14.9. The highest BCUT2D eigenvalue weighted by atomic mass is 79.9. The molecule has 1 aliphatic rings. The normalized spacial score (nSPS) is 24.7. The zero-order chi connectivity index (χ0) is 14.0. The van der Waals surface area contributed by atoms with E-state index in [1.165, 1.54) is 12.1 Å². The predicted octanol–water partition coefficient (Wildman–Crippen LogP) is 3.73. The molecule has 0 saturated carbocycles. The van der Waals surface area contributed by atoms with E-state index < -0.39 is 11.6 Å². The van der Waals surface area contributed by atoms with Crippen LogP contribution in [0, 0.1) is 11.6 Å². The second-order valence-electron chi connectivity index (χ2n) is 5.29. The van der Waals surface area contributed by atoms with Gasteiger partial charge in [0.2, 0.25) is 0 Å². The molecule has 1 fully saturated rings. The van der Waals surface area contributed by atoms with E-state index in [4.69, 9.17) is 4.74 Å². The molecule has 0 amide bonds. The number of nitrogens with zero attached hydrogens (tertiary/aromatic N) is 1. The van der Waals surface area contributed by atoms with Gasteiger partial charge in [-0.15, -0.1) is 0 Å². The molecule has 106 valence electrons. The molecule has 1 aromatic carbocycles. The van der Waals surface area contributed by atoms with Crippen LogP contribution >= 0.6 is 15.9 Å². The van der Waals surface area contributed by atoms with E-state index in [-0.39, 0.29) is 17.7 Å². The fraction of sp³-hybridized carbons (Fsp3) is 0.571. The number of rotatable bonds is 3. The average Bonchev–Trinajstić information content (AvgIpc) is 2.39. The summed E-state index contributed by atoms with van der Waals surface area (Å²) in [5.41, 5.74) is -0.105. The van der Waals surface area contributed by atoms with Crippen LogP contribution in [-0.4, -0.2) is 30.7 Å². The molecular weight excluding hydrogens is 316 g/mol. The topological polar surface area (TPSA) is 12.5 Å². The molecule has 0 bridgehead atoms. The molecule has 0 N–H and O–H groups in total. The molecule has 1 unspecified atom stereocenters. The minimum Gasteiger partial charge on any atom is -0.377 e. The first-order chi connectivity index (χ1) is 8.95. The summed E-state index contributed by atoms with van der Waals surface area (Å²) in [7, 11) is 1.68. The Morgan fingerprint density at radius 1 is 1.42 bits per heavy atom. The highest BCUT2D eigenvalue weighted by Crippen LogP contribution is 2.27. The Morgan fingerprint density at radius 3 is 2.84 bits per heavy atom. The number of likely N-dealkylation sites (tertiary alicyclic amines) is 1. The van der Waals surface area contributed by atoms with Gasteiger partial charge in [0.05, 0.1) is 10.1 Å². The maximum Gasteiger partial charge on any atom is 0.144 e. The molecule has 0 aromatic heterocycles. The highest BCUT2D eigenvalue weighted by Gasteiger charge is 2.31. The standard InChI is InChI=1S/C14H18BrF2NO/c1-14(19-2)6-3-7-18(9-14)8-10-12(16)5-4-11(15)13(10)17/h4-5H,3,6-9H2,1-2H3. The van der Waals surface area contributed by atoms with Gasteiger partial charge in [0.15, 0.2) is 0 Å². The van der Waals surface area contributed by atoms with Crippen LogP contribution in [0.3, 0.4) is 0 Å². The van der Waals surface area contributed by atoms with Crippen LogP contribution in [0.4, 0.5) is 8.78 Å². The van der Waals surface area contributed by atoms with Crippen LogP contribution < -0.4 is 0 Å². The van der Waals surface area contributed by atoms with Crippen LogP contribution in [0.1, 0.15) is 25.3 Å². The summed E-state index contributed by atoms with van der Waals surface area (Å²) in [5, 5.41) is 0. The van der Waals surface area contributed by atoms with Crippen molar-refractivity contribution < 1.29 is 13.5 Å². The fourth-order valence-corrected chi connectivity index (χ4v) is 2.92. The third-order valence-corrected chi connectivity index (χ3v) is 4.36. The highest BCUT2D eigenvalue weighted by molar-refractivity contribution is 9.10. The van der Waals surface area contributed by atoms with E-state index in [1.807, 2.05) is 11.8 Å². The summed E-state index contributed by atoms with van der Waals surface area (Å²) < 4.78 is 33.5. The minimum atomic E-state index is -0.510. The molecule has 2 rings (SSSR count). The Balaban J connectivity index is 2.15. The second-order valence-corrected chi connectivity index (χ2v) is 6.14. The Kier molecular flexibility index (Phi) is 4.58. The third kappa shape index (κ3) is 3.33. The minimum absolute atomic E-state index is 0.120. The molecule has 2 nitrogen and oxygen atoms in total.